The van der Waals surface area contributed by atoms with E-state index in [1.54, 1.807) is 31.4 Å². The predicted octanol–water partition coefficient (Wildman–Crippen LogP) is 2.24. The molecule has 5 nitrogen and oxygen atoms in total. The van der Waals surface area contributed by atoms with E-state index in [9.17, 15) is 4.79 Å². The summed E-state index contributed by atoms with van der Waals surface area (Å²) in [6.07, 6.45) is 1.54. The number of hydrogen-bond donors (Lipinski definition) is 2. The molecule has 0 radical (unpaired) electrons. The molecule has 1 aliphatic carbocycles. The van der Waals surface area contributed by atoms with Gasteiger partial charge < -0.3 is 14.8 Å². The minimum atomic E-state index is -0.391. The van der Waals surface area contributed by atoms with Gasteiger partial charge in [-0.15, -0.1) is 0 Å². The van der Waals surface area contributed by atoms with Crippen molar-refractivity contribution >= 4 is 11.8 Å². The van der Waals surface area contributed by atoms with Crippen molar-refractivity contribution in [1.29, 1.82) is 0 Å². The van der Waals surface area contributed by atoms with Crippen LogP contribution in [-0.4, -0.2) is 32.9 Å². The summed E-state index contributed by atoms with van der Waals surface area (Å²) in [4.78, 5) is 11.7. The van der Waals surface area contributed by atoms with Crippen LogP contribution in [0.25, 0.3) is 0 Å². The van der Waals surface area contributed by atoms with E-state index in [0.717, 1.165) is 25.1 Å². The van der Waals surface area contributed by atoms with Gasteiger partial charge in [-0.3, -0.25) is 5.32 Å². The maximum absolute atomic E-state index is 11.7. The van der Waals surface area contributed by atoms with Crippen LogP contribution < -0.4 is 15.4 Å². The van der Waals surface area contributed by atoms with Crippen LogP contribution in [0, 0.1) is 5.92 Å². The largest absolute Gasteiger partial charge is 0.497 e. The highest BCUT2D eigenvalue weighted by Crippen LogP contribution is 2.29. The average molecular weight is 264 g/mol. The van der Waals surface area contributed by atoms with Crippen LogP contribution in [0.15, 0.2) is 24.3 Å². The highest BCUT2D eigenvalue weighted by molar-refractivity contribution is 5.84. The van der Waals surface area contributed by atoms with Crippen molar-refractivity contribution in [3.8, 4) is 5.75 Å². The third-order valence-corrected chi connectivity index (χ3v) is 3.30. The normalized spacial score (nSPS) is 21.4. The van der Waals surface area contributed by atoms with Crippen LogP contribution in [0.2, 0.25) is 0 Å². The maximum Gasteiger partial charge on any atom is 0.411 e. The van der Waals surface area contributed by atoms with Crippen molar-refractivity contribution in [2.75, 3.05) is 26.0 Å². The number of methoxy groups -OCH3 is 1. The van der Waals surface area contributed by atoms with Gasteiger partial charge in [-0.2, -0.15) is 0 Å². The third-order valence-electron chi connectivity index (χ3n) is 3.30. The lowest BCUT2D eigenvalue weighted by atomic mass is 9.82. The van der Waals surface area contributed by atoms with Crippen LogP contribution in [0.3, 0.4) is 0 Å². The second-order valence-electron chi connectivity index (χ2n) is 4.78. The Balaban J connectivity index is 1.72. The predicted molar refractivity (Wildman–Crippen MR) is 73.5 cm³/mol. The summed E-state index contributed by atoms with van der Waals surface area (Å²) in [5.41, 5.74) is 0.705. The van der Waals surface area contributed by atoms with Crippen molar-refractivity contribution in [1.82, 2.24) is 5.32 Å². The second kappa shape index (κ2) is 6.43. The van der Waals surface area contributed by atoms with Crippen molar-refractivity contribution in [3.05, 3.63) is 24.3 Å². The Morgan fingerprint density at radius 1 is 1.32 bits per heavy atom. The van der Waals surface area contributed by atoms with Gasteiger partial charge in [-0.1, -0.05) is 0 Å². The molecule has 104 valence electrons. The number of hydrogen-bond acceptors (Lipinski definition) is 4. The van der Waals surface area contributed by atoms with Gasteiger partial charge in [0.1, 0.15) is 11.9 Å². The highest BCUT2D eigenvalue weighted by atomic mass is 16.6. The molecule has 0 heterocycles. The van der Waals surface area contributed by atoms with Gasteiger partial charge in [0.2, 0.25) is 0 Å². The van der Waals surface area contributed by atoms with Gasteiger partial charge in [0, 0.05) is 5.69 Å². The molecular formula is C14H20N2O3. The molecule has 1 aromatic carbocycles. The zero-order valence-electron chi connectivity index (χ0n) is 11.3. The molecule has 0 bridgehead atoms. The molecule has 2 rings (SSSR count). The molecule has 1 aromatic rings. The van der Waals surface area contributed by atoms with E-state index in [2.05, 4.69) is 10.6 Å². The summed E-state index contributed by atoms with van der Waals surface area (Å²) in [6, 6.07) is 7.15. The van der Waals surface area contributed by atoms with E-state index in [4.69, 9.17) is 9.47 Å². The number of carbonyl (C=O) groups excluding carboxylic acids is 1. The zero-order valence-corrected chi connectivity index (χ0v) is 11.3. The topological polar surface area (TPSA) is 59.6 Å². The van der Waals surface area contributed by atoms with Crippen molar-refractivity contribution < 1.29 is 14.3 Å². The first-order valence-corrected chi connectivity index (χ1v) is 6.47. The molecule has 19 heavy (non-hydrogen) atoms. The lowest BCUT2D eigenvalue weighted by molar-refractivity contribution is 0.0257. The molecule has 2 N–H and O–H groups in total. The number of amides is 1. The Bertz CT molecular complexity index is 413. The van der Waals surface area contributed by atoms with E-state index in [1.165, 1.54) is 0 Å². The van der Waals surface area contributed by atoms with E-state index in [-0.39, 0.29) is 6.10 Å². The summed E-state index contributed by atoms with van der Waals surface area (Å²) >= 11 is 0. The minimum Gasteiger partial charge on any atom is -0.497 e. The number of anilines is 1. The monoisotopic (exact) mass is 264 g/mol. The first-order chi connectivity index (χ1) is 9.21. The maximum atomic E-state index is 11.7. The lowest BCUT2D eigenvalue weighted by Crippen LogP contribution is -2.38. The van der Waals surface area contributed by atoms with Crippen molar-refractivity contribution in [2.24, 2.45) is 5.92 Å². The van der Waals surface area contributed by atoms with Gasteiger partial charge >= 0.3 is 6.09 Å². The van der Waals surface area contributed by atoms with E-state index >= 15 is 0 Å². The first-order valence-electron chi connectivity index (χ1n) is 6.47. The van der Waals surface area contributed by atoms with Crippen LogP contribution in [0.4, 0.5) is 10.5 Å². The van der Waals surface area contributed by atoms with Crippen LogP contribution >= 0.6 is 0 Å². The Labute approximate surface area is 113 Å². The molecule has 1 saturated carbocycles. The summed E-state index contributed by atoms with van der Waals surface area (Å²) in [6.45, 7) is 0.986. The molecule has 1 fully saturated rings. The number of ether oxygens (including phenoxy) is 2. The van der Waals surface area contributed by atoms with Crippen LogP contribution in [0.1, 0.15) is 12.8 Å². The molecule has 0 saturated heterocycles. The number of rotatable bonds is 5. The van der Waals surface area contributed by atoms with Crippen molar-refractivity contribution in [3.63, 3.8) is 0 Å². The molecule has 0 spiro atoms. The highest BCUT2D eigenvalue weighted by Gasteiger charge is 2.31. The van der Waals surface area contributed by atoms with Gasteiger partial charge in [0.05, 0.1) is 7.11 Å². The zero-order chi connectivity index (χ0) is 13.7. The Kier molecular flexibility index (Phi) is 4.63. The van der Waals surface area contributed by atoms with Gasteiger partial charge in [-0.25, -0.2) is 4.79 Å². The Hall–Kier alpha value is -1.75. The van der Waals surface area contributed by atoms with E-state index < -0.39 is 6.09 Å². The second-order valence-corrected chi connectivity index (χ2v) is 4.78. The summed E-state index contributed by atoms with van der Waals surface area (Å²) in [5.74, 6) is 1.39. The fourth-order valence-corrected chi connectivity index (χ4v) is 2.20. The number of nitrogens with one attached hydrogen (secondary N) is 2. The SMILES string of the molecule is CNCC1CC(OC(=O)Nc2ccc(OC)cc2)C1. The molecule has 5 heteroatoms. The summed E-state index contributed by atoms with van der Waals surface area (Å²) < 4.78 is 10.4. The molecule has 1 amide bonds. The van der Waals surface area contributed by atoms with E-state index in [1.807, 2.05) is 7.05 Å². The molecule has 0 aromatic heterocycles. The van der Waals surface area contributed by atoms with Gasteiger partial charge in [0.25, 0.3) is 0 Å². The summed E-state index contributed by atoms with van der Waals surface area (Å²) in [7, 11) is 3.54. The minimum absolute atomic E-state index is 0.0524. The molecule has 1 aliphatic rings. The quantitative estimate of drug-likeness (QED) is 0.856. The fraction of sp³-hybridized carbons (Fsp3) is 0.500. The smallest absolute Gasteiger partial charge is 0.411 e. The lowest BCUT2D eigenvalue weighted by Gasteiger charge is -2.34. The Morgan fingerprint density at radius 2 is 2.00 bits per heavy atom. The molecular weight excluding hydrogens is 244 g/mol. The third kappa shape index (κ3) is 3.86. The van der Waals surface area contributed by atoms with Gasteiger partial charge in [0.15, 0.2) is 0 Å². The average Bonchev–Trinajstić information content (AvgIpc) is 2.37. The Morgan fingerprint density at radius 3 is 2.58 bits per heavy atom. The van der Waals surface area contributed by atoms with Crippen molar-refractivity contribution in [2.45, 2.75) is 18.9 Å². The van der Waals surface area contributed by atoms with Crippen LogP contribution in [0.5, 0.6) is 5.75 Å². The summed E-state index contributed by atoms with van der Waals surface area (Å²) in [5, 5.41) is 5.83. The molecule has 0 unspecified atom stereocenters. The number of benzene rings is 1. The van der Waals surface area contributed by atoms with Crippen LogP contribution in [-0.2, 0) is 4.74 Å². The first kappa shape index (κ1) is 13.7. The van der Waals surface area contributed by atoms with E-state index in [0.29, 0.717) is 11.6 Å². The fourth-order valence-electron chi connectivity index (χ4n) is 2.20. The molecule has 0 aliphatic heterocycles. The number of carbonyl (C=O) groups is 1. The standard InChI is InChI=1S/C14H20N2O3/c1-15-9-10-7-13(8-10)19-14(17)16-11-3-5-12(18-2)6-4-11/h3-6,10,13,15H,7-9H2,1-2H3,(H,16,17). The van der Waals surface area contributed by atoms with Gasteiger partial charge in [-0.05, 0) is 56.6 Å². The molecule has 0 atom stereocenters.